The van der Waals surface area contributed by atoms with Gasteiger partial charge in [0.1, 0.15) is 4.70 Å². The minimum atomic E-state index is -4.37. The third-order valence-electron chi connectivity index (χ3n) is 22.8. The Morgan fingerprint density at radius 1 is 0.441 bits per heavy atom. The summed E-state index contributed by atoms with van der Waals surface area (Å²) < 4.78 is 230. The Balaban J connectivity index is 0.000000224. The number of aromatic nitrogens is 3. The minimum absolute atomic E-state index is 0. The fourth-order valence-corrected chi connectivity index (χ4v) is 23.1. The molecule has 3 aromatic heterocycles. The average molecular weight is 2280 g/mol. The van der Waals surface area contributed by atoms with E-state index < -0.39 is 94.7 Å². The van der Waals surface area contributed by atoms with Crippen LogP contribution in [0.2, 0.25) is 0 Å². The largest absolute Gasteiger partial charge is 1.00 e. The van der Waals surface area contributed by atoms with Gasteiger partial charge < -0.3 is 61.7 Å². The number of anilines is 3. The summed E-state index contributed by atoms with van der Waals surface area (Å²) in [5.41, 5.74) is 8.48. The predicted molar refractivity (Wildman–Crippen MR) is 577 cm³/mol. The number of oxazole rings is 2. The number of ether oxygens (including phenoxy) is 1. The molecule has 10 aromatic carbocycles. The second-order valence-electron chi connectivity index (χ2n) is 32.8. The van der Waals surface area contributed by atoms with Gasteiger partial charge >= 0.3 is 63.2 Å². The van der Waals surface area contributed by atoms with Crippen LogP contribution in [0.25, 0.3) is 93.7 Å². The SMILES string of the molecule is CC.CC.CC(CCN1C(=Cc2sc3ccc4ccccc4c3[n+]2CCCS(=O)(=O)[O-])Sc2ccc(Br)cc21)S(=O)(=O)O.CCC(=Cc1oc2cc3ccccc3cc2[n+]1CCCCS(=O)(=O)[O-])C=C1Oc2cc3ccccc3cc2N1CCCCS(=O)(=O)[O-].CCC(=Cc1oc2ccc3ccccc3c2[n+]1CCCS(=O)(=O)[O-])C=C1Sc2ccc(Br)cc2N1CCCS(=O)(=O)[O-].CCNCC.CCNCC.[K+]. The Labute approximate surface area is 912 Å². The molecule has 0 bridgehead atoms. The molecule has 0 fully saturated rings. The first-order valence-electron chi connectivity index (χ1n) is 47.3. The maximum atomic E-state index is 11.7. The molecule has 0 saturated carbocycles. The molecule has 766 valence electrons. The van der Waals surface area contributed by atoms with Crippen molar-refractivity contribution in [3.8, 4) is 5.75 Å². The van der Waals surface area contributed by atoms with Crippen molar-refractivity contribution in [3.05, 3.63) is 247 Å². The van der Waals surface area contributed by atoms with Gasteiger partial charge in [-0.15, -0.1) is 0 Å². The van der Waals surface area contributed by atoms with E-state index in [0.29, 0.717) is 93.0 Å². The van der Waals surface area contributed by atoms with E-state index in [0.717, 1.165) is 153 Å². The minimum Gasteiger partial charge on any atom is -0.748 e. The molecule has 0 saturated heterocycles. The van der Waals surface area contributed by atoms with Crippen LogP contribution in [-0.2, 0) is 80.3 Å². The Morgan fingerprint density at radius 3 is 1.40 bits per heavy atom. The van der Waals surface area contributed by atoms with Crippen LogP contribution >= 0.6 is 66.7 Å². The maximum absolute atomic E-state index is 11.7. The number of allylic oxidation sites excluding steroid dienone is 4. The van der Waals surface area contributed by atoms with Crippen LogP contribution in [0.3, 0.4) is 0 Å². The molecule has 3 aliphatic heterocycles. The molecule has 0 amide bonds. The van der Waals surface area contributed by atoms with E-state index in [1.54, 1.807) is 34.9 Å². The molecule has 143 heavy (non-hydrogen) atoms. The zero-order valence-electron chi connectivity index (χ0n) is 82.2. The van der Waals surface area contributed by atoms with Crippen molar-refractivity contribution < 1.29 is 156 Å². The Morgan fingerprint density at radius 2 is 0.874 bits per heavy atom. The third-order valence-corrected chi connectivity index (χ3v) is 32.3. The monoisotopic (exact) mass is 2280 g/mol. The number of hydrogen-bond donors (Lipinski definition) is 3. The number of rotatable bonds is 37. The molecule has 3 N–H and O–H groups in total. The van der Waals surface area contributed by atoms with E-state index in [-0.39, 0.29) is 96.5 Å². The molecule has 6 heterocycles. The number of halogens is 2. The maximum Gasteiger partial charge on any atom is 1.00 e. The molecule has 0 spiro atoms. The van der Waals surface area contributed by atoms with Crippen molar-refractivity contribution in [2.24, 2.45) is 0 Å². The van der Waals surface area contributed by atoms with E-state index in [4.69, 9.17) is 13.6 Å². The van der Waals surface area contributed by atoms with Gasteiger partial charge in [-0.25, -0.2) is 42.1 Å². The first-order chi connectivity index (χ1) is 67.6. The van der Waals surface area contributed by atoms with Gasteiger partial charge in [-0.1, -0.05) is 233 Å². The van der Waals surface area contributed by atoms with Gasteiger partial charge in [0.2, 0.25) is 22.6 Å². The Hall–Kier alpha value is -7.35. The second-order valence-corrected chi connectivity index (χ2v) is 47.2. The van der Waals surface area contributed by atoms with Crippen LogP contribution in [0.5, 0.6) is 5.75 Å². The van der Waals surface area contributed by atoms with Crippen molar-refractivity contribution in [2.75, 3.05) is 89.3 Å². The van der Waals surface area contributed by atoms with Gasteiger partial charge in [0.05, 0.1) is 112 Å². The summed E-state index contributed by atoms with van der Waals surface area (Å²) in [4.78, 5) is 8.08. The Kier molecular flexibility index (Phi) is 46.5. The molecule has 16 rings (SSSR count). The third kappa shape index (κ3) is 34.9. The van der Waals surface area contributed by atoms with Crippen LogP contribution < -0.4 is 95.2 Å². The number of unbranched alkanes of at least 4 members (excludes halogenated alkanes) is 2. The quantitative estimate of drug-likeness (QED) is 0.0141. The summed E-state index contributed by atoms with van der Waals surface area (Å²) in [7, 11) is -25.8. The van der Waals surface area contributed by atoms with E-state index >= 15 is 0 Å². The predicted octanol–water partition coefficient (Wildman–Crippen LogP) is 17.9. The summed E-state index contributed by atoms with van der Waals surface area (Å²) >= 11 is 11.7. The number of nitrogens with one attached hydrogen (secondary N) is 2. The van der Waals surface area contributed by atoms with Crippen molar-refractivity contribution in [2.45, 2.75) is 175 Å². The second kappa shape index (κ2) is 55.8. The van der Waals surface area contributed by atoms with Gasteiger partial charge in [0.15, 0.2) is 25.4 Å². The number of thioether (sulfide) groups is 2. The van der Waals surface area contributed by atoms with Crippen LogP contribution in [0.4, 0.5) is 17.1 Å². The summed E-state index contributed by atoms with van der Waals surface area (Å²) in [5, 5.41) is 16.1. The smallest absolute Gasteiger partial charge is 0.748 e. The number of fused-ring (bicyclic) bond motifs is 12. The molecule has 1 unspecified atom stereocenters. The molecule has 1 atom stereocenters. The van der Waals surface area contributed by atoms with Crippen molar-refractivity contribution in [3.63, 3.8) is 0 Å². The molecule has 3 aliphatic rings. The normalized spacial score (nSPS) is 14.4. The molecule has 0 aliphatic carbocycles. The zero-order valence-corrected chi connectivity index (χ0v) is 95.8. The molecular formula is C102H122Br2KN8O21S9-. The topological polar surface area (TPSA) is 421 Å². The van der Waals surface area contributed by atoms with Gasteiger partial charge in [-0.05, 0) is 206 Å². The van der Waals surface area contributed by atoms with Gasteiger partial charge in [-0.3, -0.25) is 4.55 Å². The molecule has 0 radical (unpaired) electrons. The van der Waals surface area contributed by atoms with Crippen LogP contribution in [0.15, 0.2) is 249 Å². The standard InChI is InChI=1S/C35H36N2O8S2.C29H29BrN2O7S3.C26H25BrN2O6S4.2C4H11N.2C2H6.K/c1-2-25(19-34-36(15-7-9-17-46(38,39)40)30-21-26-11-3-5-13-28(26)23-32(30)44-34)20-35-37(16-8-10-18-47(41,42)43)31-22-27-12-4-6-14-29(27)24-33(31)45-35;1-2-20(18-28-31(13-5-15-41(33,34)35)24-19-22(30)10-12-26(24)40-28)17-27-32(14-6-16-42(36,37)38)29-23-8-4-3-7-21(23)9-11-25(29)39-27;1-17(39(33,34)35)11-13-28-21-15-19(27)8-10-22(21)36-24(28)16-25-29(12-4-14-38(30,31)32)26-20-6-3-2-5-18(20)7-9-23(26)37-25;2*1-3-5-4-2;2*1-2;/h3-6,11-14,19-24H,2,7-10,15-18H2,1H3,(H-,38,39,40,41,42,43);3-4,7-12,17-19H,2,5-6,13-16H2,1H3,(H-,33,34,35,36,37,38);2-3,5-10,15-17H,4,11-14H2,1H3,(H-,30,31,32,33,34,35);2*5H,3-4H2,1-2H3;2*1-2H3;/q;;;;;;;+1/p-2. The van der Waals surface area contributed by atoms with Crippen LogP contribution in [-0.4, -0.2) is 158 Å². The van der Waals surface area contributed by atoms with Gasteiger partial charge in [0.25, 0.3) is 26.2 Å². The van der Waals surface area contributed by atoms with E-state index in [1.165, 1.54) is 6.92 Å². The summed E-state index contributed by atoms with van der Waals surface area (Å²) in [6, 6.07) is 59.6. The van der Waals surface area contributed by atoms with E-state index in [9.17, 15) is 77.8 Å². The fourth-order valence-electron chi connectivity index (χ4n) is 16.0. The number of nitrogens with zero attached hydrogens (tertiary/aromatic N) is 6. The number of thiazole rings is 1. The van der Waals surface area contributed by atoms with Crippen LogP contribution in [0, 0.1) is 0 Å². The molecule has 13 aromatic rings. The van der Waals surface area contributed by atoms with Crippen molar-refractivity contribution in [1.82, 2.24) is 10.6 Å². The first-order valence-corrected chi connectivity index (χ1v) is 60.7. The molecule has 29 nitrogen and oxygen atoms in total. The summed E-state index contributed by atoms with van der Waals surface area (Å²) in [6.07, 6.45) is 13.2. The number of benzene rings is 10. The number of hydrogen-bond acceptors (Lipinski definition) is 28. The molecule has 41 heteroatoms. The number of aryl methyl sites for hydroxylation is 3. The van der Waals surface area contributed by atoms with Crippen LogP contribution in [0.1, 0.15) is 157 Å². The summed E-state index contributed by atoms with van der Waals surface area (Å²) in [5.74, 6) is 0.111. The van der Waals surface area contributed by atoms with E-state index in [2.05, 4.69) is 80.8 Å². The first kappa shape index (κ1) is 119. The van der Waals surface area contributed by atoms with Crippen molar-refractivity contribution >= 4 is 238 Å². The fraction of sp³-hybridized carbons (Fsp3) is 0.363. The van der Waals surface area contributed by atoms with Gasteiger partial charge in [-0.2, -0.15) is 22.1 Å². The van der Waals surface area contributed by atoms with Gasteiger partial charge in [0, 0.05) is 98.5 Å². The van der Waals surface area contributed by atoms with E-state index in [1.807, 2.05) is 272 Å². The zero-order chi connectivity index (χ0) is 103. The van der Waals surface area contributed by atoms with Crippen molar-refractivity contribution in [1.29, 1.82) is 0 Å². The Bertz CT molecular complexity index is 7500. The summed E-state index contributed by atoms with van der Waals surface area (Å²) in [6.45, 7) is 28.5. The average Bonchev–Trinajstić information content (AvgIpc) is 1.61. The molecular weight excluding hydrogens is 2160 g/mol.